The molecule has 0 saturated carbocycles. The molecule has 11 heteroatoms. The number of nitrogens with zero attached hydrogens (tertiary/aromatic N) is 2. The Kier molecular flexibility index (Phi) is 7.77. The number of hydrogen-bond donors (Lipinski definition) is 1. The maximum Gasteiger partial charge on any atom is 0.241 e. The van der Waals surface area contributed by atoms with Crippen LogP contribution in [0.3, 0.4) is 0 Å². The zero-order valence-corrected chi connectivity index (χ0v) is 20.3. The van der Waals surface area contributed by atoms with E-state index in [0.29, 0.717) is 22.9 Å². The quantitative estimate of drug-likeness (QED) is 0.436. The van der Waals surface area contributed by atoms with Crippen molar-refractivity contribution in [3.05, 3.63) is 72.3 Å². The number of aryl methyl sites for hydroxylation is 1. The minimum Gasteiger partial charge on any atom is -0.497 e. The Morgan fingerprint density at radius 2 is 1.64 bits per heavy atom. The molecule has 1 unspecified atom stereocenters. The summed E-state index contributed by atoms with van der Waals surface area (Å²) in [5.74, 6) is 1.52. The average Bonchev–Trinajstić information content (AvgIpc) is 3.23. The SMILES string of the molecule is CCS(=O)(=O)CCOc1ccc(S(=O)(=O)NC(c2ccc(OC)cc2)c2nccn2C)cc1. The molecule has 3 aromatic rings. The van der Waals surface area contributed by atoms with Gasteiger partial charge in [-0.05, 0) is 42.0 Å². The number of ether oxygens (including phenoxy) is 2. The van der Waals surface area contributed by atoms with Gasteiger partial charge in [-0.15, -0.1) is 0 Å². The molecular weight excluding hydrogens is 466 g/mol. The first kappa shape index (κ1) is 24.7. The number of imidazole rings is 1. The minimum absolute atomic E-state index is 0.000771. The van der Waals surface area contributed by atoms with Crippen molar-refractivity contribution in [3.63, 3.8) is 0 Å². The molecule has 0 radical (unpaired) electrons. The fourth-order valence-corrected chi connectivity index (χ4v) is 4.90. The zero-order valence-electron chi connectivity index (χ0n) is 18.6. The Hall–Kier alpha value is -2.89. The summed E-state index contributed by atoms with van der Waals surface area (Å²) < 4.78 is 64.5. The number of rotatable bonds is 11. The van der Waals surface area contributed by atoms with E-state index in [1.165, 1.54) is 24.3 Å². The minimum atomic E-state index is -3.92. The van der Waals surface area contributed by atoms with E-state index in [9.17, 15) is 16.8 Å². The van der Waals surface area contributed by atoms with Crippen LogP contribution in [0.4, 0.5) is 0 Å². The Morgan fingerprint density at radius 3 is 2.18 bits per heavy atom. The van der Waals surface area contributed by atoms with Crippen LogP contribution in [-0.4, -0.2) is 51.6 Å². The summed E-state index contributed by atoms with van der Waals surface area (Å²) >= 11 is 0. The summed E-state index contributed by atoms with van der Waals surface area (Å²) in [6.45, 7) is 1.57. The predicted octanol–water partition coefficient (Wildman–Crippen LogP) is 2.31. The number of aromatic nitrogens is 2. The van der Waals surface area contributed by atoms with Crippen molar-refractivity contribution in [1.82, 2.24) is 14.3 Å². The standard InChI is InChI=1S/C22H27N3O6S2/c1-4-32(26,27)16-15-31-19-9-11-20(12-10-19)33(28,29)24-21(22-23-13-14-25(22)2)17-5-7-18(30-3)8-6-17/h5-14,21,24H,4,15-16H2,1-3H3. The zero-order chi connectivity index (χ0) is 24.1. The molecule has 0 aliphatic heterocycles. The third-order valence-electron chi connectivity index (χ3n) is 5.08. The van der Waals surface area contributed by atoms with E-state index in [2.05, 4.69) is 9.71 Å². The van der Waals surface area contributed by atoms with Crippen LogP contribution in [0.15, 0.2) is 65.8 Å². The normalized spacial score (nSPS) is 12.9. The molecule has 9 nitrogen and oxygen atoms in total. The second-order valence-electron chi connectivity index (χ2n) is 7.28. The third-order valence-corrected chi connectivity index (χ3v) is 8.18. The number of methoxy groups -OCH3 is 1. The molecular formula is C22H27N3O6S2. The van der Waals surface area contributed by atoms with Gasteiger partial charge in [0.25, 0.3) is 0 Å². The molecule has 3 rings (SSSR count). The fourth-order valence-electron chi connectivity index (χ4n) is 3.09. The van der Waals surface area contributed by atoms with Crippen molar-refractivity contribution < 1.29 is 26.3 Å². The highest BCUT2D eigenvalue weighted by atomic mass is 32.2. The van der Waals surface area contributed by atoms with Gasteiger partial charge in [0, 0.05) is 25.2 Å². The van der Waals surface area contributed by atoms with E-state index in [1.807, 2.05) is 0 Å². The number of benzene rings is 2. The average molecular weight is 494 g/mol. The molecule has 0 aliphatic rings. The first-order valence-corrected chi connectivity index (χ1v) is 13.5. The van der Waals surface area contributed by atoms with E-state index in [0.717, 1.165) is 0 Å². The molecule has 2 aromatic carbocycles. The summed E-state index contributed by atoms with van der Waals surface area (Å²) in [7, 11) is -3.70. The van der Waals surface area contributed by atoms with Gasteiger partial charge < -0.3 is 14.0 Å². The van der Waals surface area contributed by atoms with Gasteiger partial charge in [-0.1, -0.05) is 19.1 Å². The van der Waals surface area contributed by atoms with Crippen LogP contribution >= 0.6 is 0 Å². The lowest BCUT2D eigenvalue weighted by molar-refractivity contribution is 0.340. The van der Waals surface area contributed by atoms with Crippen molar-refractivity contribution in [3.8, 4) is 11.5 Å². The second kappa shape index (κ2) is 10.4. The molecule has 0 amide bonds. The van der Waals surface area contributed by atoms with Crippen LogP contribution < -0.4 is 14.2 Å². The Morgan fingerprint density at radius 1 is 1.00 bits per heavy atom. The first-order chi connectivity index (χ1) is 15.6. The molecule has 0 aliphatic carbocycles. The second-order valence-corrected chi connectivity index (χ2v) is 11.5. The summed E-state index contributed by atoms with van der Waals surface area (Å²) in [6.07, 6.45) is 3.34. The molecule has 1 aromatic heterocycles. The predicted molar refractivity (Wildman–Crippen MR) is 125 cm³/mol. The van der Waals surface area contributed by atoms with Crippen LogP contribution in [-0.2, 0) is 26.9 Å². The molecule has 1 N–H and O–H groups in total. The molecule has 0 saturated heterocycles. The number of sulfonamides is 1. The molecule has 0 fully saturated rings. The Balaban J connectivity index is 1.80. The topological polar surface area (TPSA) is 117 Å². The van der Waals surface area contributed by atoms with Crippen molar-refractivity contribution in [2.45, 2.75) is 17.9 Å². The lowest BCUT2D eigenvalue weighted by Crippen LogP contribution is -2.31. The van der Waals surface area contributed by atoms with E-state index < -0.39 is 25.9 Å². The number of nitrogens with one attached hydrogen (secondary N) is 1. The van der Waals surface area contributed by atoms with Crippen LogP contribution in [0.1, 0.15) is 24.4 Å². The highest BCUT2D eigenvalue weighted by molar-refractivity contribution is 7.91. The molecule has 0 bridgehead atoms. The molecule has 33 heavy (non-hydrogen) atoms. The van der Waals surface area contributed by atoms with Crippen molar-refractivity contribution in [2.24, 2.45) is 7.05 Å². The van der Waals surface area contributed by atoms with E-state index in [-0.39, 0.29) is 23.0 Å². The smallest absolute Gasteiger partial charge is 0.241 e. The summed E-state index contributed by atoms with van der Waals surface area (Å²) in [6, 6.07) is 12.2. The maximum atomic E-state index is 13.1. The van der Waals surface area contributed by atoms with Crippen molar-refractivity contribution in [2.75, 3.05) is 25.2 Å². The number of hydrogen-bond acceptors (Lipinski definition) is 7. The van der Waals surface area contributed by atoms with Gasteiger partial charge in [0.1, 0.15) is 30.0 Å². The third kappa shape index (κ3) is 6.34. The lowest BCUT2D eigenvalue weighted by atomic mass is 10.1. The van der Waals surface area contributed by atoms with Crippen LogP contribution in [0, 0.1) is 0 Å². The van der Waals surface area contributed by atoms with Crippen LogP contribution in [0.25, 0.3) is 0 Å². The Labute approximate surface area is 194 Å². The highest BCUT2D eigenvalue weighted by Gasteiger charge is 2.26. The van der Waals surface area contributed by atoms with Gasteiger partial charge in [0.15, 0.2) is 9.84 Å². The van der Waals surface area contributed by atoms with Gasteiger partial charge >= 0.3 is 0 Å². The Bertz CT molecular complexity index is 1270. The molecule has 0 spiro atoms. The van der Waals surface area contributed by atoms with Gasteiger partial charge in [-0.3, -0.25) is 0 Å². The van der Waals surface area contributed by atoms with Gasteiger partial charge in [0.05, 0.1) is 17.8 Å². The largest absolute Gasteiger partial charge is 0.497 e. The number of sulfone groups is 1. The van der Waals surface area contributed by atoms with Gasteiger partial charge in [0.2, 0.25) is 10.0 Å². The van der Waals surface area contributed by atoms with Gasteiger partial charge in [-0.25, -0.2) is 21.8 Å². The summed E-state index contributed by atoms with van der Waals surface area (Å²) in [4.78, 5) is 4.37. The van der Waals surface area contributed by atoms with Crippen LogP contribution in [0.2, 0.25) is 0 Å². The van der Waals surface area contributed by atoms with E-state index >= 15 is 0 Å². The summed E-state index contributed by atoms with van der Waals surface area (Å²) in [5.41, 5.74) is 0.700. The van der Waals surface area contributed by atoms with Crippen molar-refractivity contribution in [1.29, 1.82) is 0 Å². The van der Waals surface area contributed by atoms with Gasteiger partial charge in [-0.2, -0.15) is 4.72 Å². The van der Waals surface area contributed by atoms with Crippen molar-refractivity contribution >= 4 is 19.9 Å². The van der Waals surface area contributed by atoms with E-state index in [4.69, 9.17) is 9.47 Å². The molecule has 1 heterocycles. The maximum absolute atomic E-state index is 13.1. The first-order valence-electron chi connectivity index (χ1n) is 10.2. The highest BCUT2D eigenvalue weighted by Crippen LogP contribution is 2.26. The molecule has 1 atom stereocenters. The van der Waals surface area contributed by atoms with E-state index in [1.54, 1.807) is 62.3 Å². The fraction of sp³-hybridized carbons (Fsp3) is 0.318. The summed E-state index contributed by atoms with van der Waals surface area (Å²) in [5, 5.41) is 0. The molecule has 178 valence electrons. The monoisotopic (exact) mass is 493 g/mol. The van der Waals surface area contributed by atoms with Crippen LogP contribution in [0.5, 0.6) is 11.5 Å². The lowest BCUT2D eigenvalue weighted by Gasteiger charge is -2.19.